The molecule has 0 spiro atoms. The average Bonchev–Trinajstić information content (AvgIpc) is 2.69. The van der Waals surface area contributed by atoms with Gasteiger partial charge in [0.15, 0.2) is 0 Å². The summed E-state index contributed by atoms with van der Waals surface area (Å²) in [5.74, 6) is 0. The molecule has 0 bridgehead atoms. The van der Waals surface area contributed by atoms with Crippen LogP contribution in [0.25, 0.3) is 0 Å². The largest absolute Gasteiger partial charge is 0.306 e. The van der Waals surface area contributed by atoms with E-state index in [1.165, 1.54) is 22.4 Å². The smallest absolute Gasteiger partial charge is 0.0540 e. The van der Waals surface area contributed by atoms with Crippen LogP contribution in [0.1, 0.15) is 35.3 Å². The van der Waals surface area contributed by atoms with Gasteiger partial charge in [0.2, 0.25) is 0 Å². The van der Waals surface area contributed by atoms with Gasteiger partial charge in [-0.25, -0.2) is 0 Å². The molecule has 0 aliphatic heterocycles. The molecule has 18 heavy (non-hydrogen) atoms. The molecule has 1 aromatic carbocycles. The summed E-state index contributed by atoms with van der Waals surface area (Å²) in [7, 11) is 1.98. The number of nitrogens with one attached hydrogen (secondary N) is 1. The number of hydrogen-bond donors (Lipinski definition) is 1. The Morgan fingerprint density at radius 1 is 1.22 bits per heavy atom. The van der Waals surface area contributed by atoms with Crippen molar-refractivity contribution >= 4 is 0 Å². The van der Waals surface area contributed by atoms with Crippen molar-refractivity contribution in [3.63, 3.8) is 0 Å². The topological polar surface area (TPSA) is 29.9 Å². The lowest BCUT2D eigenvalue weighted by Crippen LogP contribution is -2.18. The maximum Gasteiger partial charge on any atom is 0.0540 e. The average molecular weight is 243 g/mol. The van der Waals surface area contributed by atoms with Crippen molar-refractivity contribution in [3.05, 3.63) is 52.8 Å². The first-order valence-electron chi connectivity index (χ1n) is 6.35. The second-order valence-electron chi connectivity index (χ2n) is 4.90. The summed E-state index contributed by atoms with van der Waals surface area (Å²) in [6.45, 7) is 7.28. The molecule has 0 saturated heterocycles. The third-order valence-corrected chi connectivity index (χ3v) is 3.47. The van der Waals surface area contributed by atoms with Gasteiger partial charge in [0.05, 0.1) is 6.20 Å². The first-order valence-corrected chi connectivity index (χ1v) is 6.35. The Labute approximate surface area is 109 Å². The predicted molar refractivity (Wildman–Crippen MR) is 74.4 cm³/mol. The number of benzene rings is 1. The SMILES string of the molecule is Cc1ccc(CNC(C)c2cnn(C)c2C)cc1. The molecule has 1 atom stereocenters. The first-order chi connectivity index (χ1) is 8.58. The van der Waals surface area contributed by atoms with Gasteiger partial charge < -0.3 is 5.32 Å². The van der Waals surface area contributed by atoms with Crippen LogP contribution in [0.3, 0.4) is 0 Å². The lowest BCUT2D eigenvalue weighted by molar-refractivity contribution is 0.570. The van der Waals surface area contributed by atoms with E-state index < -0.39 is 0 Å². The third-order valence-electron chi connectivity index (χ3n) is 3.47. The highest BCUT2D eigenvalue weighted by Gasteiger charge is 2.11. The summed E-state index contributed by atoms with van der Waals surface area (Å²) in [6.07, 6.45) is 1.95. The van der Waals surface area contributed by atoms with Gasteiger partial charge in [0.1, 0.15) is 0 Å². The van der Waals surface area contributed by atoms with Crippen molar-refractivity contribution in [3.8, 4) is 0 Å². The minimum Gasteiger partial charge on any atom is -0.306 e. The number of rotatable bonds is 4. The van der Waals surface area contributed by atoms with Gasteiger partial charge in [-0.15, -0.1) is 0 Å². The molecule has 0 aliphatic carbocycles. The molecule has 0 fully saturated rings. The van der Waals surface area contributed by atoms with E-state index in [-0.39, 0.29) is 0 Å². The molecular weight excluding hydrogens is 222 g/mol. The first kappa shape index (κ1) is 12.8. The van der Waals surface area contributed by atoms with Gasteiger partial charge in [0, 0.05) is 30.9 Å². The van der Waals surface area contributed by atoms with Crippen LogP contribution in [0.4, 0.5) is 0 Å². The summed E-state index contributed by atoms with van der Waals surface area (Å²) in [5, 5.41) is 7.82. The van der Waals surface area contributed by atoms with Gasteiger partial charge in [-0.2, -0.15) is 5.10 Å². The van der Waals surface area contributed by atoms with Gasteiger partial charge in [-0.05, 0) is 26.3 Å². The normalized spacial score (nSPS) is 12.7. The second-order valence-corrected chi connectivity index (χ2v) is 4.90. The third kappa shape index (κ3) is 2.79. The Morgan fingerprint density at radius 2 is 1.89 bits per heavy atom. The van der Waals surface area contributed by atoms with Gasteiger partial charge in [-0.3, -0.25) is 4.68 Å². The zero-order chi connectivity index (χ0) is 13.1. The fourth-order valence-corrected chi connectivity index (χ4v) is 2.03. The number of hydrogen-bond acceptors (Lipinski definition) is 2. The Balaban J connectivity index is 1.98. The fourth-order valence-electron chi connectivity index (χ4n) is 2.03. The van der Waals surface area contributed by atoms with Crippen molar-refractivity contribution in [2.24, 2.45) is 7.05 Å². The monoisotopic (exact) mass is 243 g/mol. The van der Waals surface area contributed by atoms with E-state index in [2.05, 4.69) is 55.5 Å². The number of nitrogens with zero attached hydrogens (tertiary/aromatic N) is 2. The van der Waals surface area contributed by atoms with Crippen molar-refractivity contribution in [1.82, 2.24) is 15.1 Å². The lowest BCUT2D eigenvalue weighted by Gasteiger charge is -2.13. The van der Waals surface area contributed by atoms with E-state index in [0.29, 0.717) is 6.04 Å². The summed E-state index contributed by atoms with van der Waals surface area (Å²) in [5.41, 5.74) is 5.10. The maximum absolute atomic E-state index is 4.28. The van der Waals surface area contributed by atoms with Crippen LogP contribution in [-0.4, -0.2) is 9.78 Å². The minimum atomic E-state index is 0.319. The molecule has 96 valence electrons. The highest BCUT2D eigenvalue weighted by molar-refractivity contribution is 5.23. The molecule has 0 amide bonds. The van der Waals surface area contributed by atoms with Crippen LogP contribution in [0, 0.1) is 13.8 Å². The predicted octanol–water partition coefficient (Wildman–Crippen LogP) is 2.89. The number of aromatic nitrogens is 2. The highest BCUT2D eigenvalue weighted by atomic mass is 15.3. The molecule has 0 aliphatic rings. The maximum atomic E-state index is 4.28. The Hall–Kier alpha value is -1.61. The van der Waals surface area contributed by atoms with Crippen molar-refractivity contribution in [1.29, 1.82) is 0 Å². The molecule has 2 rings (SSSR count). The van der Waals surface area contributed by atoms with Crippen molar-refractivity contribution in [2.45, 2.75) is 33.4 Å². The van der Waals surface area contributed by atoms with Gasteiger partial charge in [0.25, 0.3) is 0 Å². The zero-order valence-corrected chi connectivity index (χ0v) is 11.6. The molecule has 1 heterocycles. The summed E-state index contributed by atoms with van der Waals surface area (Å²) in [6, 6.07) is 8.96. The van der Waals surface area contributed by atoms with Crippen LogP contribution in [-0.2, 0) is 13.6 Å². The fraction of sp³-hybridized carbons (Fsp3) is 0.400. The van der Waals surface area contributed by atoms with E-state index in [1.807, 2.05) is 17.9 Å². The summed E-state index contributed by atoms with van der Waals surface area (Å²) in [4.78, 5) is 0. The Morgan fingerprint density at radius 3 is 2.44 bits per heavy atom. The van der Waals surface area contributed by atoms with E-state index in [1.54, 1.807) is 0 Å². The van der Waals surface area contributed by atoms with Crippen LogP contribution < -0.4 is 5.32 Å². The van der Waals surface area contributed by atoms with Gasteiger partial charge >= 0.3 is 0 Å². The number of aryl methyl sites for hydroxylation is 2. The van der Waals surface area contributed by atoms with Crippen LogP contribution in [0.5, 0.6) is 0 Å². The lowest BCUT2D eigenvalue weighted by atomic mass is 10.1. The molecule has 3 nitrogen and oxygen atoms in total. The molecule has 0 radical (unpaired) electrons. The molecule has 2 aromatic rings. The highest BCUT2D eigenvalue weighted by Crippen LogP contribution is 2.16. The standard InChI is InChI=1S/C15H21N3/c1-11-5-7-14(8-6-11)9-16-12(2)15-10-17-18(4)13(15)3/h5-8,10,12,16H,9H2,1-4H3. The summed E-state index contributed by atoms with van der Waals surface area (Å²) >= 11 is 0. The molecule has 0 saturated carbocycles. The minimum absolute atomic E-state index is 0.319. The zero-order valence-electron chi connectivity index (χ0n) is 11.6. The molecule has 1 N–H and O–H groups in total. The van der Waals surface area contributed by atoms with Crippen LogP contribution in [0.2, 0.25) is 0 Å². The molecule has 3 heteroatoms. The van der Waals surface area contributed by atoms with Crippen LogP contribution in [0.15, 0.2) is 30.5 Å². The van der Waals surface area contributed by atoms with Crippen molar-refractivity contribution < 1.29 is 0 Å². The van der Waals surface area contributed by atoms with E-state index in [9.17, 15) is 0 Å². The van der Waals surface area contributed by atoms with Crippen LogP contribution >= 0.6 is 0 Å². The quantitative estimate of drug-likeness (QED) is 0.895. The summed E-state index contributed by atoms with van der Waals surface area (Å²) < 4.78 is 1.92. The van der Waals surface area contributed by atoms with E-state index >= 15 is 0 Å². The van der Waals surface area contributed by atoms with E-state index in [4.69, 9.17) is 0 Å². The molecular formula is C15H21N3. The van der Waals surface area contributed by atoms with E-state index in [0.717, 1.165) is 6.54 Å². The Kier molecular flexibility index (Phi) is 3.82. The molecule has 1 unspecified atom stereocenters. The van der Waals surface area contributed by atoms with Gasteiger partial charge in [-0.1, -0.05) is 29.8 Å². The Bertz CT molecular complexity index is 511. The van der Waals surface area contributed by atoms with Crippen molar-refractivity contribution in [2.75, 3.05) is 0 Å². The molecule has 1 aromatic heterocycles. The second kappa shape index (κ2) is 5.36.